The van der Waals surface area contributed by atoms with E-state index in [4.69, 9.17) is 12.2 Å². The molecule has 0 saturated carbocycles. The first-order valence-corrected chi connectivity index (χ1v) is 6.33. The number of hydrogen-bond acceptors (Lipinski definition) is 3. The molecule has 0 amide bonds. The maximum absolute atomic E-state index is 11.6. The van der Waals surface area contributed by atoms with Gasteiger partial charge < -0.3 is 5.32 Å². The first-order chi connectivity index (χ1) is 7.37. The Hall–Kier alpha value is -0.700. The molecule has 0 atom stereocenters. The van der Waals surface area contributed by atoms with E-state index in [1.807, 2.05) is 6.92 Å². The van der Waals surface area contributed by atoms with Crippen molar-refractivity contribution in [2.75, 3.05) is 11.9 Å². The Bertz CT molecular complexity index is 422. The Kier molecular flexibility index (Phi) is 4.25. The molecule has 0 heterocycles. The molecule has 3 heteroatoms. The Morgan fingerprint density at radius 3 is 2.44 bits per heavy atom. The zero-order valence-corrected chi connectivity index (χ0v) is 11.5. The van der Waals surface area contributed by atoms with Crippen LogP contribution in [0.15, 0.2) is 4.79 Å². The average Bonchev–Trinajstić information content (AvgIpc) is 2.20. The summed E-state index contributed by atoms with van der Waals surface area (Å²) >= 11 is 5.02. The van der Waals surface area contributed by atoms with E-state index in [-0.39, 0.29) is 5.43 Å². The van der Waals surface area contributed by atoms with Gasteiger partial charge in [-0.1, -0.05) is 33.0 Å². The maximum atomic E-state index is 11.6. The van der Waals surface area contributed by atoms with Gasteiger partial charge in [0.1, 0.15) is 4.51 Å². The molecule has 0 aliphatic rings. The summed E-state index contributed by atoms with van der Waals surface area (Å²) in [5.41, 5.74) is 2.26. The van der Waals surface area contributed by atoms with Crippen LogP contribution in [0, 0.1) is 9.93 Å². The molecule has 0 aliphatic carbocycles. The summed E-state index contributed by atoms with van der Waals surface area (Å²) in [6.07, 6.45) is 3.05. The fraction of sp³-hybridized carbons (Fsp3) is 0.692. The zero-order valence-electron chi connectivity index (χ0n) is 10.6. The third kappa shape index (κ3) is 3.14. The molecule has 2 nitrogen and oxygen atoms in total. The monoisotopic (exact) mass is 239 g/mol. The third-order valence-electron chi connectivity index (χ3n) is 2.72. The smallest absolute Gasteiger partial charge is 0.204 e. The zero-order chi connectivity index (χ0) is 12.3. The number of hydrogen-bond donors (Lipinski definition) is 1. The van der Waals surface area contributed by atoms with Crippen molar-refractivity contribution >= 4 is 17.9 Å². The predicted molar refractivity (Wildman–Crippen MR) is 72.5 cm³/mol. The molecular weight excluding hydrogens is 218 g/mol. The van der Waals surface area contributed by atoms with Crippen molar-refractivity contribution in [3.05, 3.63) is 20.3 Å². The minimum Gasteiger partial charge on any atom is -0.384 e. The van der Waals surface area contributed by atoms with Crippen LogP contribution in [-0.4, -0.2) is 6.54 Å². The fourth-order valence-electron chi connectivity index (χ4n) is 1.84. The second kappa shape index (κ2) is 5.09. The van der Waals surface area contributed by atoms with Crippen LogP contribution in [0.4, 0.5) is 5.69 Å². The quantitative estimate of drug-likeness (QED) is 0.798. The summed E-state index contributed by atoms with van der Waals surface area (Å²) in [5.74, 6) is 0. The van der Waals surface area contributed by atoms with Crippen LogP contribution in [0.1, 0.15) is 46.1 Å². The van der Waals surface area contributed by atoms with Crippen LogP contribution in [0.2, 0.25) is 0 Å². The van der Waals surface area contributed by atoms with Gasteiger partial charge in [-0.05, 0) is 31.6 Å². The highest BCUT2D eigenvalue weighted by atomic mass is 32.1. The molecule has 1 aromatic rings. The molecule has 0 unspecified atom stereocenters. The molecule has 16 heavy (non-hydrogen) atoms. The van der Waals surface area contributed by atoms with Crippen molar-refractivity contribution in [2.45, 2.75) is 47.0 Å². The highest BCUT2D eigenvalue weighted by Gasteiger charge is 2.17. The van der Waals surface area contributed by atoms with Gasteiger partial charge in [0.2, 0.25) is 5.43 Å². The third-order valence-corrected chi connectivity index (χ3v) is 3.11. The van der Waals surface area contributed by atoms with Gasteiger partial charge in [-0.15, -0.1) is 0 Å². The van der Waals surface area contributed by atoms with E-state index < -0.39 is 0 Å². The highest BCUT2D eigenvalue weighted by molar-refractivity contribution is 7.71. The Morgan fingerprint density at radius 2 is 1.94 bits per heavy atom. The van der Waals surface area contributed by atoms with Crippen LogP contribution in [0.25, 0.3) is 0 Å². The maximum Gasteiger partial charge on any atom is 0.204 e. The molecule has 0 fully saturated rings. The van der Waals surface area contributed by atoms with Crippen molar-refractivity contribution in [1.29, 1.82) is 0 Å². The molecule has 1 rings (SSSR count). The van der Waals surface area contributed by atoms with E-state index in [0.29, 0.717) is 9.93 Å². The van der Waals surface area contributed by atoms with Gasteiger partial charge in [0.15, 0.2) is 0 Å². The Labute approximate surface area is 103 Å². The van der Waals surface area contributed by atoms with E-state index in [9.17, 15) is 4.79 Å². The molecular formula is C13H21NOS. The Morgan fingerprint density at radius 1 is 1.31 bits per heavy atom. The molecule has 0 spiro atoms. The molecule has 90 valence electrons. The van der Waals surface area contributed by atoms with Gasteiger partial charge in [-0.3, -0.25) is 4.79 Å². The minimum absolute atomic E-state index is 0.0832. The Balaban J connectivity index is 2.58. The van der Waals surface area contributed by atoms with E-state index >= 15 is 0 Å². The molecule has 1 aromatic carbocycles. The van der Waals surface area contributed by atoms with Gasteiger partial charge >= 0.3 is 0 Å². The number of anilines is 1. The van der Waals surface area contributed by atoms with E-state index in [1.165, 1.54) is 0 Å². The van der Waals surface area contributed by atoms with Gasteiger partial charge in [-0.25, -0.2) is 0 Å². The lowest BCUT2D eigenvalue weighted by Gasteiger charge is -2.19. The fourth-order valence-corrected chi connectivity index (χ4v) is 2.15. The average molecular weight is 239 g/mol. The minimum atomic E-state index is 0.0832. The van der Waals surface area contributed by atoms with Gasteiger partial charge in [0, 0.05) is 12.1 Å². The van der Waals surface area contributed by atoms with Crippen molar-refractivity contribution in [3.8, 4) is 0 Å². The van der Waals surface area contributed by atoms with Crippen molar-refractivity contribution in [1.82, 2.24) is 0 Å². The molecule has 0 saturated heterocycles. The van der Waals surface area contributed by atoms with Gasteiger partial charge in [0.05, 0.1) is 5.69 Å². The summed E-state index contributed by atoms with van der Waals surface area (Å²) in [6.45, 7) is 9.51. The summed E-state index contributed by atoms with van der Waals surface area (Å²) in [5, 5.41) is 3.18. The summed E-state index contributed by atoms with van der Waals surface area (Å²) in [4.78, 5) is 11.6. The van der Waals surface area contributed by atoms with Gasteiger partial charge in [0.25, 0.3) is 0 Å². The molecule has 0 bridgehead atoms. The van der Waals surface area contributed by atoms with Crippen LogP contribution in [0.5, 0.6) is 0 Å². The highest BCUT2D eigenvalue weighted by Crippen LogP contribution is 2.24. The first kappa shape index (κ1) is 13.4. The molecule has 0 aliphatic heterocycles. The van der Waals surface area contributed by atoms with Crippen LogP contribution in [0.3, 0.4) is 0 Å². The van der Waals surface area contributed by atoms with Crippen LogP contribution in [-0.2, 0) is 6.42 Å². The number of rotatable bonds is 5. The van der Waals surface area contributed by atoms with Gasteiger partial charge in [-0.2, -0.15) is 0 Å². The molecule has 0 aromatic heterocycles. The standard InChI is InChI=1S/C13H21NOS/c1-5-14-10-9(11(15)12(10)16)7-6-8-13(2,3)4/h14H,5-8H2,1-4H3. The van der Waals surface area contributed by atoms with Crippen LogP contribution >= 0.6 is 12.2 Å². The van der Waals surface area contributed by atoms with Crippen molar-refractivity contribution in [3.63, 3.8) is 0 Å². The topological polar surface area (TPSA) is 29.1 Å². The largest absolute Gasteiger partial charge is 0.384 e. The lowest BCUT2D eigenvalue weighted by atomic mass is 9.88. The SMILES string of the molecule is CCNc1c(CCCC(C)(C)C)c(=O)c1=S. The summed E-state index contributed by atoms with van der Waals surface area (Å²) in [6, 6.07) is 0. The van der Waals surface area contributed by atoms with Crippen molar-refractivity contribution in [2.24, 2.45) is 5.41 Å². The van der Waals surface area contributed by atoms with E-state index in [1.54, 1.807) is 0 Å². The number of nitrogens with one attached hydrogen (secondary N) is 1. The second-order valence-corrected chi connectivity index (χ2v) is 5.86. The van der Waals surface area contributed by atoms with E-state index in [0.717, 1.165) is 37.1 Å². The lowest BCUT2D eigenvalue weighted by molar-refractivity contribution is 0.365. The first-order valence-electron chi connectivity index (χ1n) is 5.93. The normalized spacial score (nSPS) is 12.0. The molecule has 1 N–H and O–H groups in total. The molecule has 0 radical (unpaired) electrons. The second-order valence-electron chi connectivity index (χ2n) is 5.46. The van der Waals surface area contributed by atoms with Crippen molar-refractivity contribution < 1.29 is 0 Å². The summed E-state index contributed by atoms with van der Waals surface area (Å²) < 4.78 is 0.493. The van der Waals surface area contributed by atoms with E-state index in [2.05, 4.69) is 26.1 Å². The lowest BCUT2D eigenvalue weighted by Crippen LogP contribution is -2.21. The van der Waals surface area contributed by atoms with Crippen LogP contribution < -0.4 is 10.7 Å². The summed E-state index contributed by atoms with van der Waals surface area (Å²) in [7, 11) is 0. The predicted octanol–water partition coefficient (Wildman–Crippen LogP) is 3.45.